The number of hydrogen-bond donors (Lipinski definition) is 1. The second-order valence-electron chi connectivity index (χ2n) is 4.34. The van der Waals surface area contributed by atoms with Gasteiger partial charge in [-0.2, -0.15) is 0 Å². The Hall–Kier alpha value is -0.410. The molecule has 14 heavy (non-hydrogen) atoms. The third-order valence-corrected chi connectivity index (χ3v) is 3.78. The summed E-state index contributed by atoms with van der Waals surface area (Å²) < 4.78 is 0. The van der Waals surface area contributed by atoms with Gasteiger partial charge >= 0.3 is 0 Å². The van der Waals surface area contributed by atoms with E-state index in [1.165, 1.54) is 30.8 Å². The summed E-state index contributed by atoms with van der Waals surface area (Å²) in [4.78, 5) is 4.25. The van der Waals surface area contributed by atoms with E-state index in [1.807, 2.05) is 11.6 Å². The van der Waals surface area contributed by atoms with E-state index in [4.69, 9.17) is 0 Å². The molecule has 0 radical (unpaired) electrons. The quantitative estimate of drug-likeness (QED) is 0.826. The fraction of sp³-hybridized carbons (Fsp3) is 0.727. The summed E-state index contributed by atoms with van der Waals surface area (Å²) in [6.07, 6.45) is 6.11. The average Bonchev–Trinajstić information content (AvgIpc) is 2.77. The molecule has 0 spiro atoms. The molecule has 2 atom stereocenters. The maximum Gasteiger partial charge on any atom is 0.106 e. The molecule has 0 saturated heterocycles. The Labute approximate surface area is 89.8 Å². The van der Waals surface area contributed by atoms with Crippen molar-refractivity contribution in [3.8, 4) is 0 Å². The first-order chi connectivity index (χ1) is 6.84. The lowest BCUT2D eigenvalue weighted by molar-refractivity contribution is 0.470. The molecule has 0 aliphatic heterocycles. The highest BCUT2D eigenvalue weighted by Gasteiger charge is 2.20. The van der Waals surface area contributed by atoms with Crippen molar-refractivity contribution >= 4 is 11.3 Å². The first-order valence-corrected chi connectivity index (χ1v) is 6.31. The van der Waals surface area contributed by atoms with Crippen molar-refractivity contribution in [3.05, 3.63) is 16.6 Å². The Kier molecular flexibility index (Phi) is 3.54. The second kappa shape index (κ2) is 4.89. The van der Waals surface area contributed by atoms with Crippen molar-refractivity contribution in [1.29, 1.82) is 0 Å². The predicted molar refractivity (Wildman–Crippen MR) is 60.3 cm³/mol. The van der Waals surface area contributed by atoms with Crippen molar-refractivity contribution in [2.75, 3.05) is 6.54 Å². The highest BCUT2D eigenvalue weighted by Crippen LogP contribution is 2.29. The molecule has 2 nitrogen and oxygen atoms in total. The summed E-state index contributed by atoms with van der Waals surface area (Å²) >= 11 is 1.73. The van der Waals surface area contributed by atoms with Crippen LogP contribution in [-0.2, 0) is 6.54 Å². The molecule has 1 N–H and O–H groups in total. The molecule has 1 aromatic heterocycles. The van der Waals surface area contributed by atoms with Gasteiger partial charge in [0.2, 0.25) is 0 Å². The monoisotopic (exact) mass is 210 g/mol. The normalized spacial score (nSPS) is 26.9. The van der Waals surface area contributed by atoms with E-state index < -0.39 is 0 Å². The number of rotatable bonds is 4. The maximum absolute atomic E-state index is 4.25. The van der Waals surface area contributed by atoms with Crippen molar-refractivity contribution in [2.45, 2.75) is 32.7 Å². The van der Waals surface area contributed by atoms with Crippen LogP contribution in [0.4, 0.5) is 0 Å². The van der Waals surface area contributed by atoms with Crippen LogP contribution in [0.1, 0.15) is 31.2 Å². The molecular weight excluding hydrogens is 192 g/mol. The third kappa shape index (κ3) is 2.79. The molecule has 2 rings (SSSR count). The zero-order chi connectivity index (χ0) is 9.80. The summed E-state index contributed by atoms with van der Waals surface area (Å²) in [5, 5.41) is 6.74. The van der Waals surface area contributed by atoms with Gasteiger partial charge < -0.3 is 5.32 Å². The van der Waals surface area contributed by atoms with Gasteiger partial charge in [0, 0.05) is 18.1 Å². The summed E-state index contributed by atoms with van der Waals surface area (Å²) in [6.45, 7) is 4.48. The van der Waals surface area contributed by atoms with Gasteiger partial charge in [-0.1, -0.05) is 13.3 Å². The third-order valence-electron chi connectivity index (χ3n) is 3.00. The van der Waals surface area contributed by atoms with E-state index in [9.17, 15) is 0 Å². The first-order valence-electron chi connectivity index (χ1n) is 5.43. The van der Waals surface area contributed by atoms with E-state index in [0.717, 1.165) is 18.4 Å². The van der Waals surface area contributed by atoms with Crippen LogP contribution in [-0.4, -0.2) is 11.5 Å². The molecular formula is C11H18N2S. The fourth-order valence-corrected chi connectivity index (χ4v) is 2.82. The molecule has 1 heterocycles. The highest BCUT2D eigenvalue weighted by molar-refractivity contribution is 7.09. The molecule has 78 valence electrons. The Bertz CT molecular complexity index is 258. The minimum Gasteiger partial charge on any atom is -0.310 e. The Morgan fingerprint density at radius 3 is 3.14 bits per heavy atom. The molecule has 3 heteroatoms. The highest BCUT2D eigenvalue weighted by atomic mass is 32.1. The van der Waals surface area contributed by atoms with Gasteiger partial charge in [0.1, 0.15) is 5.01 Å². The van der Waals surface area contributed by atoms with Gasteiger partial charge in [0.25, 0.3) is 0 Å². The lowest BCUT2D eigenvalue weighted by Gasteiger charge is -2.09. The number of aromatic nitrogens is 1. The Balaban J connectivity index is 1.64. The molecule has 1 aliphatic carbocycles. The molecule has 1 aliphatic rings. The molecule has 0 aromatic carbocycles. The van der Waals surface area contributed by atoms with Crippen molar-refractivity contribution in [1.82, 2.24) is 10.3 Å². The van der Waals surface area contributed by atoms with Gasteiger partial charge in [-0.25, -0.2) is 4.98 Å². The molecule has 0 amide bonds. The number of thiazole rings is 1. The summed E-state index contributed by atoms with van der Waals surface area (Å²) in [5.41, 5.74) is 0. The number of nitrogens with one attached hydrogen (secondary N) is 1. The minimum absolute atomic E-state index is 0.907. The van der Waals surface area contributed by atoms with Crippen LogP contribution in [0.3, 0.4) is 0 Å². The van der Waals surface area contributed by atoms with Crippen LogP contribution in [0.25, 0.3) is 0 Å². The minimum atomic E-state index is 0.907. The van der Waals surface area contributed by atoms with Crippen LogP contribution >= 0.6 is 11.3 Å². The zero-order valence-corrected chi connectivity index (χ0v) is 9.52. The van der Waals surface area contributed by atoms with Crippen molar-refractivity contribution < 1.29 is 0 Å². The largest absolute Gasteiger partial charge is 0.310 e. The lowest BCUT2D eigenvalue weighted by Crippen LogP contribution is -2.20. The van der Waals surface area contributed by atoms with E-state index in [2.05, 4.69) is 17.2 Å². The van der Waals surface area contributed by atoms with E-state index in [-0.39, 0.29) is 0 Å². The Morgan fingerprint density at radius 1 is 1.57 bits per heavy atom. The summed E-state index contributed by atoms with van der Waals surface area (Å²) in [7, 11) is 0. The molecule has 1 saturated carbocycles. The van der Waals surface area contributed by atoms with Crippen molar-refractivity contribution in [3.63, 3.8) is 0 Å². The van der Waals surface area contributed by atoms with Crippen LogP contribution in [0.2, 0.25) is 0 Å². The summed E-state index contributed by atoms with van der Waals surface area (Å²) in [5.74, 6) is 1.85. The molecule has 1 aromatic rings. The van der Waals surface area contributed by atoms with E-state index >= 15 is 0 Å². The van der Waals surface area contributed by atoms with Crippen LogP contribution in [0.5, 0.6) is 0 Å². The number of hydrogen-bond acceptors (Lipinski definition) is 3. The lowest BCUT2D eigenvalue weighted by atomic mass is 10.1. The van der Waals surface area contributed by atoms with Gasteiger partial charge in [0.05, 0.1) is 0 Å². The number of nitrogens with zero attached hydrogens (tertiary/aromatic N) is 1. The Morgan fingerprint density at radius 2 is 2.50 bits per heavy atom. The smallest absolute Gasteiger partial charge is 0.106 e. The van der Waals surface area contributed by atoms with Crippen LogP contribution < -0.4 is 5.32 Å². The van der Waals surface area contributed by atoms with E-state index in [1.54, 1.807) is 11.3 Å². The van der Waals surface area contributed by atoms with E-state index in [0.29, 0.717) is 0 Å². The second-order valence-corrected chi connectivity index (χ2v) is 5.32. The van der Waals surface area contributed by atoms with Crippen molar-refractivity contribution in [2.24, 2.45) is 11.8 Å². The zero-order valence-electron chi connectivity index (χ0n) is 8.70. The van der Waals surface area contributed by atoms with Gasteiger partial charge in [-0.3, -0.25) is 0 Å². The fourth-order valence-electron chi connectivity index (χ4n) is 2.23. The molecule has 1 fully saturated rings. The van der Waals surface area contributed by atoms with Gasteiger partial charge in [-0.05, 0) is 31.2 Å². The first kappa shape index (κ1) is 10.1. The molecule has 0 bridgehead atoms. The predicted octanol–water partition coefficient (Wildman–Crippen LogP) is 2.67. The van der Waals surface area contributed by atoms with Gasteiger partial charge in [-0.15, -0.1) is 11.3 Å². The maximum atomic E-state index is 4.25. The summed E-state index contributed by atoms with van der Waals surface area (Å²) in [6, 6.07) is 0. The average molecular weight is 210 g/mol. The standard InChI is InChI=1S/C11H18N2S/c1-9-2-3-10(6-9)7-12-8-11-13-4-5-14-11/h4-5,9-10,12H,2-3,6-8H2,1H3. The van der Waals surface area contributed by atoms with Gasteiger partial charge in [0.15, 0.2) is 0 Å². The molecule has 2 unspecified atom stereocenters. The SMILES string of the molecule is CC1CCC(CNCc2nccs2)C1. The van der Waals surface area contributed by atoms with Crippen LogP contribution in [0.15, 0.2) is 11.6 Å². The topological polar surface area (TPSA) is 24.9 Å². The van der Waals surface area contributed by atoms with Crippen LogP contribution in [0, 0.1) is 11.8 Å².